The molecule has 0 fully saturated rings. The topological polar surface area (TPSA) is 77.8 Å². The first-order chi connectivity index (χ1) is 8.00. The Balaban J connectivity index is 0.000000171. The van der Waals surface area contributed by atoms with Crippen molar-refractivity contribution in [1.82, 2.24) is 9.97 Å². The second-order valence-corrected chi connectivity index (χ2v) is 3.81. The number of nitrogens with zero attached hydrogens (tertiary/aromatic N) is 2. The van der Waals surface area contributed by atoms with Crippen LogP contribution in [0.5, 0.6) is 0 Å². The van der Waals surface area contributed by atoms with E-state index in [1.54, 1.807) is 0 Å². The lowest BCUT2D eigenvalue weighted by atomic mass is 10.4. The third-order valence-corrected chi connectivity index (χ3v) is 2.06. The van der Waals surface area contributed by atoms with E-state index in [1.807, 2.05) is 0 Å². The smallest absolute Gasteiger partial charge is 0.166 e. The first-order valence-electron chi connectivity index (χ1n) is 4.43. The van der Waals surface area contributed by atoms with E-state index in [-0.39, 0.29) is 11.6 Å². The van der Waals surface area contributed by atoms with Crippen molar-refractivity contribution >= 4 is 27.6 Å². The van der Waals surface area contributed by atoms with E-state index < -0.39 is 11.6 Å². The number of halogens is 3. The fourth-order valence-corrected chi connectivity index (χ4v) is 1.13. The lowest BCUT2D eigenvalue weighted by molar-refractivity contribution is 0.626. The minimum absolute atomic E-state index is 0.0486. The number of pyridine rings is 2. The van der Waals surface area contributed by atoms with E-state index >= 15 is 0 Å². The quantitative estimate of drug-likeness (QED) is 0.783. The van der Waals surface area contributed by atoms with Crippen LogP contribution in [-0.2, 0) is 0 Å². The summed E-state index contributed by atoms with van der Waals surface area (Å²) in [6.07, 6.45) is 2.89. The highest BCUT2D eigenvalue weighted by molar-refractivity contribution is 9.10. The molecule has 0 atom stereocenters. The summed E-state index contributed by atoms with van der Waals surface area (Å²) in [6, 6.07) is 4.02. The SMILES string of the molecule is Nc1ncc(Br)cc1F.Nc1ncccc1F. The maximum atomic E-state index is 12.4. The van der Waals surface area contributed by atoms with Gasteiger partial charge in [0.1, 0.15) is 0 Å². The molecule has 0 unspecified atom stereocenters. The molecule has 0 spiro atoms. The van der Waals surface area contributed by atoms with Crippen molar-refractivity contribution in [3.8, 4) is 0 Å². The Hall–Kier alpha value is -1.76. The van der Waals surface area contributed by atoms with Gasteiger partial charge in [0.05, 0.1) is 0 Å². The van der Waals surface area contributed by atoms with Crippen LogP contribution in [-0.4, -0.2) is 9.97 Å². The van der Waals surface area contributed by atoms with Crippen molar-refractivity contribution in [2.45, 2.75) is 0 Å². The van der Waals surface area contributed by atoms with Crippen LogP contribution in [0.2, 0.25) is 0 Å². The zero-order valence-electron chi connectivity index (χ0n) is 8.57. The summed E-state index contributed by atoms with van der Waals surface area (Å²) in [4.78, 5) is 7.02. The summed E-state index contributed by atoms with van der Waals surface area (Å²) in [5.41, 5.74) is 10.1. The minimum Gasteiger partial charge on any atom is -0.381 e. The Morgan fingerprint density at radius 3 is 2.12 bits per heavy atom. The Morgan fingerprint density at radius 1 is 1.06 bits per heavy atom. The second-order valence-electron chi connectivity index (χ2n) is 2.89. The highest BCUT2D eigenvalue weighted by Gasteiger charge is 1.96. The van der Waals surface area contributed by atoms with Gasteiger partial charge in [-0.1, -0.05) is 0 Å². The van der Waals surface area contributed by atoms with Gasteiger partial charge in [0.2, 0.25) is 0 Å². The molecule has 2 heterocycles. The van der Waals surface area contributed by atoms with Gasteiger partial charge in [0, 0.05) is 16.9 Å². The molecule has 2 aromatic heterocycles. The summed E-state index contributed by atoms with van der Waals surface area (Å²) in [5.74, 6) is -1.08. The Bertz CT molecular complexity index is 486. The molecule has 90 valence electrons. The van der Waals surface area contributed by atoms with Crippen molar-refractivity contribution in [1.29, 1.82) is 0 Å². The maximum absolute atomic E-state index is 12.4. The molecule has 2 aromatic rings. The van der Waals surface area contributed by atoms with Crippen molar-refractivity contribution in [3.05, 3.63) is 46.7 Å². The number of hydrogen-bond acceptors (Lipinski definition) is 4. The fraction of sp³-hybridized carbons (Fsp3) is 0. The van der Waals surface area contributed by atoms with Crippen molar-refractivity contribution in [2.24, 2.45) is 0 Å². The highest BCUT2D eigenvalue weighted by Crippen LogP contribution is 2.12. The van der Waals surface area contributed by atoms with Crippen LogP contribution in [0.3, 0.4) is 0 Å². The third-order valence-electron chi connectivity index (χ3n) is 1.62. The average molecular weight is 303 g/mol. The predicted octanol–water partition coefficient (Wildman–Crippen LogP) is 2.37. The Kier molecular flexibility index (Phi) is 4.77. The zero-order valence-corrected chi connectivity index (χ0v) is 10.2. The molecule has 0 bridgehead atoms. The van der Waals surface area contributed by atoms with Gasteiger partial charge in [0.25, 0.3) is 0 Å². The lowest BCUT2D eigenvalue weighted by Crippen LogP contribution is -1.92. The fourth-order valence-electron chi connectivity index (χ4n) is 0.823. The van der Waals surface area contributed by atoms with Crippen LogP contribution in [0.25, 0.3) is 0 Å². The van der Waals surface area contributed by atoms with E-state index in [0.29, 0.717) is 4.47 Å². The van der Waals surface area contributed by atoms with Crippen LogP contribution in [0.4, 0.5) is 20.4 Å². The number of anilines is 2. The normalized spacial score (nSPS) is 9.35. The van der Waals surface area contributed by atoms with Gasteiger partial charge in [-0.05, 0) is 34.1 Å². The van der Waals surface area contributed by atoms with Gasteiger partial charge in [-0.15, -0.1) is 0 Å². The first kappa shape index (κ1) is 13.3. The average Bonchev–Trinajstić information content (AvgIpc) is 2.29. The Labute approximate surface area is 105 Å². The van der Waals surface area contributed by atoms with Crippen molar-refractivity contribution < 1.29 is 8.78 Å². The van der Waals surface area contributed by atoms with Crippen LogP contribution >= 0.6 is 15.9 Å². The van der Waals surface area contributed by atoms with Crippen molar-refractivity contribution in [2.75, 3.05) is 11.5 Å². The molecule has 0 aromatic carbocycles. The largest absolute Gasteiger partial charge is 0.381 e. The number of hydrogen-bond donors (Lipinski definition) is 2. The molecule has 0 aliphatic heterocycles. The van der Waals surface area contributed by atoms with Crippen molar-refractivity contribution in [3.63, 3.8) is 0 Å². The Morgan fingerprint density at radius 2 is 1.71 bits per heavy atom. The molecule has 7 heteroatoms. The molecule has 4 N–H and O–H groups in total. The molecule has 0 aliphatic carbocycles. The van der Waals surface area contributed by atoms with Gasteiger partial charge in [-0.3, -0.25) is 0 Å². The van der Waals surface area contributed by atoms with Crippen LogP contribution in [0.15, 0.2) is 35.1 Å². The summed E-state index contributed by atoms with van der Waals surface area (Å²) < 4.78 is 25.1. The van der Waals surface area contributed by atoms with Crippen LogP contribution < -0.4 is 11.5 Å². The maximum Gasteiger partial charge on any atom is 0.166 e. The molecular weight excluding hydrogens is 294 g/mol. The van der Waals surface area contributed by atoms with Gasteiger partial charge in [0.15, 0.2) is 23.3 Å². The molecule has 4 nitrogen and oxygen atoms in total. The molecule has 2 rings (SSSR count). The van der Waals surface area contributed by atoms with E-state index in [4.69, 9.17) is 11.5 Å². The number of aromatic nitrogens is 2. The predicted molar refractivity (Wildman–Crippen MR) is 64.9 cm³/mol. The summed E-state index contributed by atoms with van der Waals surface area (Å²) in [7, 11) is 0. The van der Waals surface area contributed by atoms with Gasteiger partial charge >= 0.3 is 0 Å². The third kappa shape index (κ3) is 4.31. The molecular formula is C10H9BrF2N4. The zero-order chi connectivity index (χ0) is 12.8. The standard InChI is InChI=1S/C5H4BrFN2.C5H5FN2/c6-3-1-4(7)5(8)9-2-3;6-4-2-1-3-8-5(4)7/h1-2H,(H2,8,9);1-3H,(H2,7,8). The number of nitrogen functional groups attached to an aromatic ring is 2. The monoisotopic (exact) mass is 302 g/mol. The molecule has 0 saturated heterocycles. The lowest BCUT2D eigenvalue weighted by Gasteiger charge is -1.92. The van der Waals surface area contributed by atoms with Gasteiger partial charge in [-0.2, -0.15) is 0 Å². The molecule has 0 radical (unpaired) electrons. The second kappa shape index (κ2) is 6.09. The molecule has 0 amide bonds. The number of rotatable bonds is 0. The summed E-state index contributed by atoms with van der Waals surface area (Å²) in [6.45, 7) is 0. The van der Waals surface area contributed by atoms with Crippen LogP contribution in [0, 0.1) is 11.6 Å². The minimum atomic E-state index is -0.496. The van der Waals surface area contributed by atoms with E-state index in [1.165, 1.54) is 30.6 Å². The molecule has 0 saturated carbocycles. The van der Waals surface area contributed by atoms with E-state index in [0.717, 1.165) is 0 Å². The highest BCUT2D eigenvalue weighted by atomic mass is 79.9. The van der Waals surface area contributed by atoms with Gasteiger partial charge in [-0.25, -0.2) is 18.7 Å². The van der Waals surface area contributed by atoms with Crippen LogP contribution in [0.1, 0.15) is 0 Å². The van der Waals surface area contributed by atoms with E-state index in [2.05, 4.69) is 25.9 Å². The van der Waals surface area contributed by atoms with E-state index in [9.17, 15) is 8.78 Å². The van der Waals surface area contributed by atoms with Gasteiger partial charge < -0.3 is 11.5 Å². The first-order valence-corrected chi connectivity index (χ1v) is 5.22. The molecule has 17 heavy (non-hydrogen) atoms. The summed E-state index contributed by atoms with van der Waals surface area (Å²) >= 11 is 3.04. The number of nitrogens with two attached hydrogens (primary N) is 2. The molecule has 0 aliphatic rings. The summed E-state index contributed by atoms with van der Waals surface area (Å²) in [5, 5.41) is 0.